The summed E-state index contributed by atoms with van der Waals surface area (Å²) in [6, 6.07) is 0. The van der Waals surface area contributed by atoms with E-state index in [0.717, 1.165) is 13.1 Å². The van der Waals surface area contributed by atoms with Gasteiger partial charge in [-0.3, -0.25) is 5.01 Å². The molecule has 0 heterocycles. The summed E-state index contributed by atoms with van der Waals surface area (Å²) < 4.78 is 0. The lowest BCUT2D eigenvalue weighted by Gasteiger charge is -2.23. The molecule has 0 aliphatic heterocycles. The van der Waals surface area contributed by atoms with Crippen molar-refractivity contribution in [1.82, 2.24) is 5.01 Å². The summed E-state index contributed by atoms with van der Waals surface area (Å²) in [4.78, 5) is 0. The van der Waals surface area contributed by atoms with Gasteiger partial charge < -0.3 is 0 Å². The van der Waals surface area contributed by atoms with Gasteiger partial charge in [-0.25, -0.2) is 0 Å². The maximum absolute atomic E-state index is 4.51. The fourth-order valence-electron chi connectivity index (χ4n) is 1.24. The van der Waals surface area contributed by atoms with Gasteiger partial charge in [0.2, 0.25) is 0 Å². The monoisotopic (exact) mass is 198 g/mol. The highest BCUT2D eigenvalue weighted by atomic mass is 15.4. The zero-order chi connectivity index (χ0) is 11.1. The normalized spacial score (nSPS) is 12.4. The van der Waals surface area contributed by atoms with Crippen molar-refractivity contribution in [3.05, 3.63) is 0 Å². The first-order valence-electron chi connectivity index (χ1n) is 5.70. The first-order chi connectivity index (χ1) is 6.41. The van der Waals surface area contributed by atoms with Crippen molar-refractivity contribution >= 4 is 6.21 Å². The highest BCUT2D eigenvalue weighted by Gasteiger charge is 2.05. The van der Waals surface area contributed by atoms with Crippen LogP contribution in [0.5, 0.6) is 0 Å². The Kier molecular flexibility index (Phi) is 6.60. The van der Waals surface area contributed by atoms with E-state index >= 15 is 0 Å². The maximum Gasteiger partial charge on any atom is 0.0383 e. The molecule has 0 aromatic heterocycles. The van der Waals surface area contributed by atoms with Crippen LogP contribution in [0.3, 0.4) is 0 Å². The number of nitrogens with zero attached hydrogens (tertiary/aromatic N) is 2. The molecule has 2 heteroatoms. The zero-order valence-corrected chi connectivity index (χ0v) is 10.6. The Hall–Kier alpha value is -0.530. The minimum atomic E-state index is 0.539. The predicted molar refractivity (Wildman–Crippen MR) is 64.6 cm³/mol. The molecule has 0 amide bonds. The number of hydrogen-bond donors (Lipinski definition) is 0. The average Bonchev–Trinajstić information content (AvgIpc) is 1.97. The molecule has 0 spiro atoms. The van der Waals surface area contributed by atoms with Gasteiger partial charge in [0.05, 0.1) is 0 Å². The molecule has 0 rings (SSSR count). The van der Waals surface area contributed by atoms with Crippen LogP contribution in [0.25, 0.3) is 0 Å². The lowest BCUT2D eigenvalue weighted by molar-refractivity contribution is 0.229. The molecule has 0 bridgehead atoms. The molecular formula is C12H26N2. The lowest BCUT2D eigenvalue weighted by Crippen LogP contribution is -2.27. The fraction of sp³-hybridized carbons (Fsp3) is 0.917. The van der Waals surface area contributed by atoms with Gasteiger partial charge in [0.1, 0.15) is 0 Å². The van der Waals surface area contributed by atoms with E-state index < -0.39 is 0 Å². The first-order valence-corrected chi connectivity index (χ1v) is 5.70. The number of hydrogen-bond acceptors (Lipinski definition) is 2. The summed E-state index contributed by atoms with van der Waals surface area (Å²) >= 11 is 0. The minimum absolute atomic E-state index is 0.539. The second-order valence-corrected chi connectivity index (χ2v) is 5.17. The Morgan fingerprint density at radius 2 is 1.36 bits per heavy atom. The second-order valence-electron chi connectivity index (χ2n) is 5.17. The molecule has 0 saturated carbocycles. The van der Waals surface area contributed by atoms with Gasteiger partial charge in [-0.1, -0.05) is 41.5 Å². The van der Waals surface area contributed by atoms with Crippen molar-refractivity contribution in [1.29, 1.82) is 0 Å². The van der Waals surface area contributed by atoms with Crippen LogP contribution in [0.2, 0.25) is 0 Å². The van der Waals surface area contributed by atoms with Crippen molar-refractivity contribution in [3.63, 3.8) is 0 Å². The highest BCUT2D eigenvalue weighted by Crippen LogP contribution is 2.04. The SMILES string of the molecule is CC(C)/C=N\N(CC(C)C)CC(C)C. The van der Waals surface area contributed by atoms with Crippen LogP contribution in [-0.2, 0) is 0 Å². The van der Waals surface area contributed by atoms with E-state index in [4.69, 9.17) is 0 Å². The van der Waals surface area contributed by atoms with Gasteiger partial charge in [-0.05, 0) is 17.8 Å². The Morgan fingerprint density at radius 1 is 0.929 bits per heavy atom. The van der Waals surface area contributed by atoms with Crippen LogP contribution in [0.4, 0.5) is 0 Å². The third kappa shape index (κ3) is 8.09. The highest BCUT2D eigenvalue weighted by molar-refractivity contribution is 5.59. The van der Waals surface area contributed by atoms with Crippen LogP contribution in [0.15, 0.2) is 5.10 Å². The van der Waals surface area contributed by atoms with Gasteiger partial charge in [0, 0.05) is 19.3 Å². The Morgan fingerprint density at radius 3 is 1.64 bits per heavy atom. The molecule has 84 valence electrons. The molecule has 0 atom stereocenters. The van der Waals surface area contributed by atoms with Crippen molar-refractivity contribution < 1.29 is 0 Å². The lowest BCUT2D eigenvalue weighted by atomic mass is 10.2. The topological polar surface area (TPSA) is 15.6 Å². The van der Waals surface area contributed by atoms with Crippen LogP contribution in [0, 0.1) is 17.8 Å². The summed E-state index contributed by atoms with van der Waals surface area (Å²) in [6.45, 7) is 15.4. The Balaban J connectivity index is 4.10. The molecule has 0 unspecified atom stereocenters. The van der Waals surface area contributed by atoms with Crippen LogP contribution < -0.4 is 0 Å². The largest absolute Gasteiger partial charge is 0.297 e. The van der Waals surface area contributed by atoms with Crippen molar-refractivity contribution in [2.45, 2.75) is 41.5 Å². The molecule has 0 radical (unpaired) electrons. The van der Waals surface area contributed by atoms with E-state index in [-0.39, 0.29) is 0 Å². The first kappa shape index (κ1) is 13.5. The molecule has 0 aromatic carbocycles. The molecule has 0 fully saturated rings. The minimum Gasteiger partial charge on any atom is -0.297 e. The zero-order valence-electron chi connectivity index (χ0n) is 10.6. The molecule has 0 saturated heterocycles. The van der Waals surface area contributed by atoms with Crippen LogP contribution in [-0.4, -0.2) is 24.3 Å². The van der Waals surface area contributed by atoms with Crippen molar-refractivity contribution in [3.8, 4) is 0 Å². The summed E-state index contributed by atoms with van der Waals surface area (Å²) in [6.07, 6.45) is 2.03. The number of hydrazone groups is 1. The van der Waals surface area contributed by atoms with E-state index in [2.05, 4.69) is 51.7 Å². The number of rotatable bonds is 6. The summed E-state index contributed by atoms with van der Waals surface area (Å²) in [7, 11) is 0. The van der Waals surface area contributed by atoms with E-state index in [1.807, 2.05) is 6.21 Å². The van der Waals surface area contributed by atoms with Gasteiger partial charge >= 0.3 is 0 Å². The average molecular weight is 198 g/mol. The van der Waals surface area contributed by atoms with E-state index in [9.17, 15) is 0 Å². The van der Waals surface area contributed by atoms with Gasteiger partial charge in [0.15, 0.2) is 0 Å². The van der Waals surface area contributed by atoms with Crippen LogP contribution in [0.1, 0.15) is 41.5 Å². The molecule has 14 heavy (non-hydrogen) atoms. The smallest absolute Gasteiger partial charge is 0.0383 e. The van der Waals surface area contributed by atoms with Gasteiger partial charge in [-0.15, -0.1) is 0 Å². The molecule has 0 N–H and O–H groups in total. The Bertz CT molecular complexity index is 150. The fourth-order valence-corrected chi connectivity index (χ4v) is 1.24. The van der Waals surface area contributed by atoms with Crippen LogP contribution >= 0.6 is 0 Å². The Labute approximate surface area is 89.4 Å². The van der Waals surface area contributed by atoms with E-state index in [0.29, 0.717) is 17.8 Å². The molecule has 0 aromatic rings. The van der Waals surface area contributed by atoms with Gasteiger partial charge in [0.25, 0.3) is 0 Å². The maximum atomic E-state index is 4.51. The molecular weight excluding hydrogens is 172 g/mol. The predicted octanol–water partition coefficient (Wildman–Crippen LogP) is 3.24. The molecule has 2 nitrogen and oxygen atoms in total. The van der Waals surface area contributed by atoms with Crippen molar-refractivity contribution in [2.75, 3.05) is 13.1 Å². The quantitative estimate of drug-likeness (QED) is 0.472. The molecule has 0 aliphatic rings. The standard InChI is InChI=1S/C12H26N2/c1-10(2)7-13-14(8-11(3)4)9-12(5)6/h7,10-12H,8-9H2,1-6H3/b13-7-. The van der Waals surface area contributed by atoms with Crippen molar-refractivity contribution in [2.24, 2.45) is 22.9 Å². The third-order valence-corrected chi connectivity index (χ3v) is 1.68. The molecule has 0 aliphatic carbocycles. The van der Waals surface area contributed by atoms with E-state index in [1.54, 1.807) is 0 Å². The van der Waals surface area contributed by atoms with Gasteiger partial charge in [-0.2, -0.15) is 5.10 Å². The van der Waals surface area contributed by atoms with E-state index in [1.165, 1.54) is 0 Å². The summed E-state index contributed by atoms with van der Waals surface area (Å²) in [5.41, 5.74) is 0. The summed E-state index contributed by atoms with van der Waals surface area (Å²) in [5, 5.41) is 6.70. The third-order valence-electron chi connectivity index (χ3n) is 1.68. The second kappa shape index (κ2) is 6.86. The summed E-state index contributed by atoms with van der Waals surface area (Å²) in [5.74, 6) is 1.90.